The van der Waals surface area contributed by atoms with Crippen molar-refractivity contribution in [1.82, 2.24) is 19.1 Å². The van der Waals surface area contributed by atoms with Crippen LogP contribution >= 0.6 is 39.1 Å². The van der Waals surface area contributed by atoms with Crippen molar-refractivity contribution in [2.45, 2.75) is 61.5 Å². The molecule has 0 aliphatic rings. The minimum absolute atomic E-state index is 0.0816. The molecule has 0 aliphatic carbocycles. The molecule has 12 nitrogen and oxygen atoms in total. The van der Waals surface area contributed by atoms with Gasteiger partial charge in [0.25, 0.3) is 0 Å². The van der Waals surface area contributed by atoms with Crippen LogP contribution in [0.2, 0.25) is 10.0 Å². The third kappa shape index (κ3) is 14.4. The molecule has 0 aliphatic heterocycles. The lowest BCUT2D eigenvalue weighted by Gasteiger charge is -2.13. The van der Waals surface area contributed by atoms with E-state index in [4.69, 9.17) is 38.2 Å². The normalized spacial score (nSPS) is 11.8. The van der Waals surface area contributed by atoms with Crippen molar-refractivity contribution >= 4 is 71.4 Å². The molecule has 4 N–H and O–H groups in total. The van der Waals surface area contributed by atoms with Crippen LogP contribution in [0, 0.1) is 0 Å². The van der Waals surface area contributed by atoms with E-state index < -0.39 is 38.0 Å². The van der Waals surface area contributed by atoms with Crippen molar-refractivity contribution in [3.63, 3.8) is 0 Å². The minimum atomic E-state index is -3.28. The summed E-state index contributed by atoms with van der Waals surface area (Å²) in [5.74, 6) is 1.59. The molecule has 0 bridgehead atoms. The van der Waals surface area contributed by atoms with E-state index in [2.05, 4.69) is 20.9 Å². The molecule has 6 aromatic carbocycles. The molecule has 0 spiro atoms. The third-order valence-electron chi connectivity index (χ3n) is 10.9. The number of aromatic nitrogens is 4. The van der Waals surface area contributed by atoms with E-state index in [1.807, 2.05) is 125 Å². The predicted octanol–water partition coefficient (Wildman–Crippen LogP) is 9.29. The van der Waals surface area contributed by atoms with E-state index >= 15 is 0 Å². The molecule has 0 saturated carbocycles. The van der Waals surface area contributed by atoms with Gasteiger partial charge in [0.1, 0.15) is 22.9 Å². The lowest BCUT2D eigenvalue weighted by atomic mass is 9.80. The first-order valence-electron chi connectivity index (χ1n) is 21.7. The standard InChI is InChI=1S/C26H25ClN2O3S.C19H18BrClN2O.C7H9BO4S/c1-26(2,30)24-17-29(25(28-24)16-20-7-4-5-10-23(20)27)21-13-11-18(12-14-21)19-8-6-9-22(15-19)33(3,31)32;1-19(2,24)17-12-23(15-9-7-14(20)8-10-15)18(22-17)11-13-5-3-4-6-16(13)21;1-13(11,12)7-4-2-3-6(5-7)8(9)10/h4-15,17,30H,16H2,1-3H3;3-10,12,24H,11H2,1-2H3;2-5,9-10H,1H3. The Morgan fingerprint density at radius 1 is 0.557 bits per heavy atom. The van der Waals surface area contributed by atoms with E-state index in [9.17, 15) is 27.0 Å². The smallest absolute Gasteiger partial charge is 0.423 e. The highest BCUT2D eigenvalue weighted by Gasteiger charge is 2.24. The van der Waals surface area contributed by atoms with Gasteiger partial charge in [-0.1, -0.05) is 112 Å². The second kappa shape index (κ2) is 22.4. The summed E-state index contributed by atoms with van der Waals surface area (Å²) in [7, 11) is -8.20. The van der Waals surface area contributed by atoms with Crippen LogP contribution in [0.5, 0.6) is 0 Å². The first-order valence-corrected chi connectivity index (χ1v) is 27.0. The van der Waals surface area contributed by atoms with Crippen LogP contribution in [0.1, 0.15) is 61.9 Å². The van der Waals surface area contributed by atoms with E-state index in [0.29, 0.717) is 34.3 Å². The Morgan fingerprint density at radius 3 is 1.39 bits per heavy atom. The summed E-state index contributed by atoms with van der Waals surface area (Å²) in [6, 6.07) is 43.6. The molecule has 2 heterocycles. The summed E-state index contributed by atoms with van der Waals surface area (Å²) < 4.78 is 50.9. The number of sulfone groups is 2. The fourth-order valence-electron chi connectivity index (χ4n) is 6.98. The van der Waals surface area contributed by atoms with Gasteiger partial charge in [-0.25, -0.2) is 26.8 Å². The van der Waals surface area contributed by atoms with Gasteiger partial charge < -0.3 is 29.4 Å². The summed E-state index contributed by atoms with van der Waals surface area (Å²) in [4.78, 5) is 9.73. The molecule has 0 unspecified atom stereocenters. The second-order valence-electron chi connectivity index (χ2n) is 17.5. The summed E-state index contributed by atoms with van der Waals surface area (Å²) in [5, 5.41) is 39.8. The van der Waals surface area contributed by atoms with Crippen molar-refractivity contribution in [3.05, 3.63) is 207 Å². The van der Waals surface area contributed by atoms with Crippen LogP contribution in [0.15, 0.2) is 172 Å². The zero-order valence-electron chi connectivity index (χ0n) is 39.2. The molecule has 0 saturated heterocycles. The van der Waals surface area contributed by atoms with Gasteiger partial charge in [-0.2, -0.15) is 0 Å². The maximum atomic E-state index is 11.9. The zero-order valence-corrected chi connectivity index (χ0v) is 43.9. The van der Waals surface area contributed by atoms with Gasteiger partial charge in [-0.3, -0.25) is 0 Å². The molecule has 70 heavy (non-hydrogen) atoms. The Bertz CT molecular complexity index is 3320. The van der Waals surface area contributed by atoms with Crippen molar-refractivity contribution in [2.24, 2.45) is 0 Å². The minimum Gasteiger partial charge on any atom is -0.423 e. The average Bonchev–Trinajstić information content (AvgIpc) is 3.94. The van der Waals surface area contributed by atoms with E-state index in [0.717, 1.165) is 56.0 Å². The fourth-order valence-corrected chi connectivity index (χ4v) is 8.99. The topological polar surface area (TPSA) is 185 Å². The van der Waals surface area contributed by atoms with Crippen molar-refractivity contribution in [1.29, 1.82) is 0 Å². The number of imidazole rings is 2. The Kier molecular flexibility index (Phi) is 17.2. The molecule has 0 radical (unpaired) electrons. The zero-order chi connectivity index (χ0) is 51.2. The SMILES string of the molecule is CC(C)(O)c1cn(-c2ccc(-c3cccc(S(C)(=O)=O)c3)cc2)c(Cc2ccccc2Cl)n1.CC(C)(O)c1cn(-c2ccc(Br)cc2)c(Cc2ccccc2Cl)n1.CS(=O)(=O)c1cccc(B(O)O)c1. The summed E-state index contributed by atoms with van der Waals surface area (Å²) in [6.07, 6.45) is 7.09. The van der Waals surface area contributed by atoms with E-state index in [1.165, 1.54) is 30.5 Å². The molecule has 0 atom stereocenters. The molecular weight excluding hydrogens is 1030 g/mol. The summed E-state index contributed by atoms with van der Waals surface area (Å²) in [5.41, 5.74) is 4.81. The molecule has 8 rings (SSSR count). The molecular formula is C52H52BBrCl2N4O8S2. The number of nitrogens with zero attached hydrogens (tertiary/aromatic N) is 4. The first-order chi connectivity index (χ1) is 32.8. The number of aliphatic hydroxyl groups is 2. The van der Waals surface area contributed by atoms with E-state index in [-0.39, 0.29) is 15.3 Å². The molecule has 18 heteroatoms. The second-order valence-corrected chi connectivity index (χ2v) is 23.3. The number of rotatable bonds is 12. The Labute approximate surface area is 428 Å². The van der Waals surface area contributed by atoms with Gasteiger partial charge in [0.15, 0.2) is 19.7 Å². The van der Waals surface area contributed by atoms with Gasteiger partial charge in [0.2, 0.25) is 0 Å². The third-order valence-corrected chi connectivity index (χ3v) is 14.3. The number of benzene rings is 6. The lowest BCUT2D eigenvalue weighted by molar-refractivity contribution is 0.0736. The van der Waals surface area contributed by atoms with Crippen LogP contribution in [0.4, 0.5) is 0 Å². The Hall–Kier alpha value is -5.40. The highest BCUT2D eigenvalue weighted by atomic mass is 79.9. The highest BCUT2D eigenvalue weighted by Crippen LogP contribution is 2.29. The summed E-state index contributed by atoms with van der Waals surface area (Å²) >= 11 is 16.1. The van der Waals surface area contributed by atoms with Gasteiger partial charge in [0, 0.05) is 63.6 Å². The van der Waals surface area contributed by atoms with Crippen LogP contribution < -0.4 is 5.46 Å². The summed E-state index contributed by atoms with van der Waals surface area (Å²) in [6.45, 7) is 6.88. The maximum absolute atomic E-state index is 11.9. The van der Waals surface area contributed by atoms with Crippen LogP contribution in [-0.2, 0) is 43.7 Å². The van der Waals surface area contributed by atoms with Crippen molar-refractivity contribution in [2.75, 3.05) is 12.5 Å². The van der Waals surface area contributed by atoms with Gasteiger partial charge in [-0.15, -0.1) is 0 Å². The van der Waals surface area contributed by atoms with Gasteiger partial charge in [0.05, 0.1) is 21.2 Å². The van der Waals surface area contributed by atoms with Crippen molar-refractivity contribution < 1.29 is 37.1 Å². The fraction of sp³-hybridized carbons (Fsp3) is 0.192. The quantitative estimate of drug-likeness (QED) is 0.0860. The van der Waals surface area contributed by atoms with Crippen LogP contribution in [0.25, 0.3) is 22.5 Å². The Morgan fingerprint density at radius 2 is 0.971 bits per heavy atom. The van der Waals surface area contributed by atoms with Gasteiger partial charge in [-0.05, 0) is 128 Å². The van der Waals surface area contributed by atoms with Crippen LogP contribution in [0.3, 0.4) is 0 Å². The number of hydrogen-bond donors (Lipinski definition) is 4. The number of halogens is 3. The predicted molar refractivity (Wildman–Crippen MR) is 282 cm³/mol. The first kappa shape index (κ1) is 53.9. The Balaban J connectivity index is 0.000000189. The molecule has 0 amide bonds. The highest BCUT2D eigenvalue weighted by molar-refractivity contribution is 9.10. The molecule has 0 fully saturated rings. The number of hydrogen-bond acceptors (Lipinski definition) is 10. The van der Waals surface area contributed by atoms with E-state index in [1.54, 1.807) is 45.9 Å². The average molecular weight is 1090 g/mol. The largest absolute Gasteiger partial charge is 0.488 e. The maximum Gasteiger partial charge on any atom is 0.488 e. The monoisotopic (exact) mass is 1080 g/mol. The molecule has 8 aromatic rings. The molecule has 2 aromatic heterocycles. The molecule has 364 valence electrons. The van der Waals surface area contributed by atoms with Gasteiger partial charge >= 0.3 is 7.12 Å². The van der Waals surface area contributed by atoms with Crippen molar-refractivity contribution in [3.8, 4) is 22.5 Å². The lowest BCUT2D eigenvalue weighted by Crippen LogP contribution is -2.30. The van der Waals surface area contributed by atoms with Crippen LogP contribution in [-0.4, -0.2) is 75.8 Å².